The van der Waals surface area contributed by atoms with E-state index in [1.807, 2.05) is 0 Å². The van der Waals surface area contributed by atoms with Gasteiger partial charge in [-0.15, -0.1) is 0 Å². The van der Waals surface area contributed by atoms with Crippen LogP contribution >= 0.6 is 23.2 Å². The molecule has 0 aliphatic carbocycles. The summed E-state index contributed by atoms with van der Waals surface area (Å²) in [4.78, 5) is 22.8. The third-order valence-electron chi connectivity index (χ3n) is 2.51. The number of hydrogen-bond donors (Lipinski definition) is 0. The van der Waals surface area contributed by atoms with Crippen molar-refractivity contribution in [1.82, 2.24) is 0 Å². The van der Waals surface area contributed by atoms with Crippen LogP contribution in [0.3, 0.4) is 0 Å². The number of carbonyl (C=O) groups excluding carboxylic acids is 2. The Hall–Kier alpha value is -1.98. The van der Waals surface area contributed by atoms with Crippen LogP contribution in [0.4, 0.5) is 8.78 Å². The third-order valence-corrected chi connectivity index (χ3v) is 3.01. The van der Waals surface area contributed by atoms with Gasteiger partial charge in [0, 0.05) is 11.1 Å². The second-order valence-electron chi connectivity index (χ2n) is 3.94. The molecular weight excluding hydrogens is 325 g/mol. The SMILES string of the molecule is O=Cc1cc(Cl)cc(Cl)c1OC(=O)c1ccc(F)cc1F. The molecule has 0 saturated heterocycles. The summed E-state index contributed by atoms with van der Waals surface area (Å²) in [6, 6.07) is 4.88. The molecule has 2 rings (SSSR count). The highest BCUT2D eigenvalue weighted by molar-refractivity contribution is 6.36. The van der Waals surface area contributed by atoms with Gasteiger partial charge in [0.1, 0.15) is 11.6 Å². The largest absolute Gasteiger partial charge is 0.420 e. The molecule has 0 saturated carbocycles. The monoisotopic (exact) mass is 330 g/mol. The quantitative estimate of drug-likeness (QED) is 0.478. The fourth-order valence-corrected chi connectivity index (χ4v) is 2.13. The molecule has 108 valence electrons. The number of aldehydes is 1. The van der Waals surface area contributed by atoms with Gasteiger partial charge in [0.05, 0.1) is 16.1 Å². The molecule has 0 bridgehead atoms. The van der Waals surface area contributed by atoms with E-state index in [1.165, 1.54) is 12.1 Å². The van der Waals surface area contributed by atoms with E-state index in [4.69, 9.17) is 27.9 Å². The van der Waals surface area contributed by atoms with Crippen molar-refractivity contribution in [3.63, 3.8) is 0 Å². The van der Waals surface area contributed by atoms with Crippen molar-refractivity contribution in [2.24, 2.45) is 0 Å². The third kappa shape index (κ3) is 3.37. The summed E-state index contributed by atoms with van der Waals surface area (Å²) in [6.45, 7) is 0. The van der Waals surface area contributed by atoms with Gasteiger partial charge in [-0.05, 0) is 24.3 Å². The molecule has 0 aliphatic rings. The smallest absolute Gasteiger partial charge is 0.346 e. The van der Waals surface area contributed by atoms with Gasteiger partial charge in [-0.1, -0.05) is 23.2 Å². The van der Waals surface area contributed by atoms with Crippen LogP contribution in [0.1, 0.15) is 20.7 Å². The van der Waals surface area contributed by atoms with Crippen molar-refractivity contribution in [1.29, 1.82) is 0 Å². The number of benzene rings is 2. The van der Waals surface area contributed by atoms with E-state index < -0.39 is 23.2 Å². The van der Waals surface area contributed by atoms with E-state index in [2.05, 4.69) is 0 Å². The summed E-state index contributed by atoms with van der Waals surface area (Å²) in [6.07, 6.45) is 0.390. The first kappa shape index (κ1) is 15.4. The molecule has 0 heterocycles. The predicted octanol–water partition coefficient (Wildman–Crippen LogP) is 4.30. The molecule has 0 fully saturated rings. The number of ether oxygens (including phenoxy) is 1. The summed E-state index contributed by atoms with van der Waals surface area (Å²) in [5.41, 5.74) is -0.553. The minimum atomic E-state index is -1.11. The van der Waals surface area contributed by atoms with Gasteiger partial charge in [0.25, 0.3) is 0 Å². The maximum atomic E-state index is 13.5. The van der Waals surface area contributed by atoms with Crippen LogP contribution in [0, 0.1) is 11.6 Å². The second-order valence-corrected chi connectivity index (χ2v) is 4.78. The van der Waals surface area contributed by atoms with Gasteiger partial charge >= 0.3 is 5.97 Å². The lowest BCUT2D eigenvalue weighted by Crippen LogP contribution is -2.12. The van der Waals surface area contributed by atoms with Crippen LogP contribution in [-0.4, -0.2) is 12.3 Å². The van der Waals surface area contributed by atoms with Crippen LogP contribution in [0.2, 0.25) is 10.0 Å². The van der Waals surface area contributed by atoms with E-state index in [0.29, 0.717) is 12.4 Å². The molecule has 0 aliphatic heterocycles. The fraction of sp³-hybridized carbons (Fsp3) is 0. The molecule has 21 heavy (non-hydrogen) atoms. The molecule has 0 atom stereocenters. The summed E-state index contributed by atoms with van der Waals surface area (Å²) >= 11 is 11.5. The Labute approximate surface area is 128 Å². The number of halogens is 4. The first-order valence-electron chi connectivity index (χ1n) is 5.54. The van der Waals surface area contributed by atoms with E-state index in [0.717, 1.165) is 12.1 Å². The molecule has 0 unspecified atom stereocenters. The van der Waals surface area contributed by atoms with Crippen molar-refractivity contribution >= 4 is 35.5 Å². The molecular formula is C14H6Cl2F2O3. The number of rotatable bonds is 3. The Balaban J connectivity index is 2.38. The molecule has 2 aromatic rings. The molecule has 0 amide bonds. The van der Waals surface area contributed by atoms with Crippen molar-refractivity contribution in [2.45, 2.75) is 0 Å². The lowest BCUT2D eigenvalue weighted by Gasteiger charge is -2.09. The molecule has 3 nitrogen and oxygen atoms in total. The lowest BCUT2D eigenvalue weighted by molar-refractivity contribution is 0.0728. The fourth-order valence-electron chi connectivity index (χ4n) is 1.58. The highest BCUT2D eigenvalue weighted by Gasteiger charge is 2.19. The standard InChI is InChI=1S/C14H6Cl2F2O3/c15-8-3-7(6-19)13(11(16)4-8)21-14(20)10-2-1-9(17)5-12(10)18/h1-6H. The van der Waals surface area contributed by atoms with Crippen LogP contribution < -0.4 is 4.74 Å². The van der Waals surface area contributed by atoms with Gasteiger partial charge in [-0.2, -0.15) is 0 Å². The summed E-state index contributed by atoms with van der Waals surface area (Å²) in [7, 11) is 0. The van der Waals surface area contributed by atoms with Gasteiger partial charge in [-0.25, -0.2) is 13.6 Å². The summed E-state index contributed by atoms with van der Waals surface area (Å²) in [5, 5.41) is 0.0929. The zero-order chi connectivity index (χ0) is 15.6. The van der Waals surface area contributed by atoms with Gasteiger partial charge in [0.2, 0.25) is 0 Å². The number of carbonyl (C=O) groups is 2. The Kier molecular flexibility index (Phi) is 4.55. The van der Waals surface area contributed by atoms with Crippen molar-refractivity contribution in [3.8, 4) is 5.75 Å². The molecule has 0 N–H and O–H groups in total. The van der Waals surface area contributed by atoms with Crippen molar-refractivity contribution < 1.29 is 23.1 Å². The van der Waals surface area contributed by atoms with Gasteiger partial charge < -0.3 is 4.74 Å². The maximum Gasteiger partial charge on any atom is 0.346 e. The van der Waals surface area contributed by atoms with Gasteiger partial charge in [-0.3, -0.25) is 4.79 Å². The second kappa shape index (κ2) is 6.20. The van der Waals surface area contributed by atoms with Crippen LogP contribution in [0.5, 0.6) is 5.75 Å². The number of hydrogen-bond acceptors (Lipinski definition) is 3. The molecule has 0 radical (unpaired) electrons. The average Bonchev–Trinajstić information content (AvgIpc) is 2.41. The highest BCUT2D eigenvalue weighted by atomic mass is 35.5. The Morgan fingerprint density at radius 1 is 1.14 bits per heavy atom. The Bertz CT molecular complexity index is 732. The predicted molar refractivity (Wildman–Crippen MR) is 73.2 cm³/mol. The summed E-state index contributed by atoms with van der Waals surface area (Å²) < 4.78 is 31.2. The first-order valence-corrected chi connectivity index (χ1v) is 6.29. The topological polar surface area (TPSA) is 43.4 Å². The Morgan fingerprint density at radius 3 is 2.48 bits per heavy atom. The molecule has 0 aromatic heterocycles. The molecule has 0 spiro atoms. The van der Waals surface area contributed by atoms with Crippen LogP contribution in [-0.2, 0) is 0 Å². The minimum Gasteiger partial charge on any atom is -0.420 e. The van der Waals surface area contributed by atoms with Gasteiger partial charge in [0.15, 0.2) is 12.0 Å². The van der Waals surface area contributed by atoms with E-state index >= 15 is 0 Å². The minimum absolute atomic E-state index is 0.0663. The van der Waals surface area contributed by atoms with Crippen LogP contribution in [0.15, 0.2) is 30.3 Å². The molecule has 7 heteroatoms. The molecule has 2 aromatic carbocycles. The Morgan fingerprint density at radius 2 is 1.86 bits per heavy atom. The van der Waals surface area contributed by atoms with E-state index in [9.17, 15) is 18.4 Å². The average molecular weight is 331 g/mol. The normalized spacial score (nSPS) is 10.3. The van der Waals surface area contributed by atoms with Crippen LogP contribution in [0.25, 0.3) is 0 Å². The summed E-state index contributed by atoms with van der Waals surface area (Å²) in [5.74, 6) is -3.27. The zero-order valence-corrected chi connectivity index (χ0v) is 11.7. The highest BCUT2D eigenvalue weighted by Crippen LogP contribution is 2.32. The van der Waals surface area contributed by atoms with Crippen molar-refractivity contribution in [2.75, 3.05) is 0 Å². The number of esters is 1. The lowest BCUT2D eigenvalue weighted by atomic mass is 10.2. The zero-order valence-electron chi connectivity index (χ0n) is 10.2. The first-order chi connectivity index (χ1) is 9.92. The van der Waals surface area contributed by atoms with E-state index in [1.54, 1.807) is 0 Å². The maximum absolute atomic E-state index is 13.5. The van der Waals surface area contributed by atoms with Crippen molar-refractivity contribution in [3.05, 3.63) is 63.1 Å². The van der Waals surface area contributed by atoms with E-state index in [-0.39, 0.29) is 21.4 Å².